The minimum atomic E-state index is -2.48. The average Bonchev–Trinajstić information content (AvgIpc) is 2.63. The molecule has 1 fully saturated rings. The van der Waals surface area contributed by atoms with Crippen molar-refractivity contribution in [3.8, 4) is 0 Å². The van der Waals surface area contributed by atoms with Crippen LogP contribution in [-0.2, 0) is 14.3 Å². The Kier molecular flexibility index (Phi) is 5.58. The first-order valence-corrected chi connectivity index (χ1v) is 5.08. The zero-order chi connectivity index (χ0) is 12.0. The highest BCUT2D eigenvalue weighted by Gasteiger charge is 2.30. The Balaban J connectivity index is 2.06. The Morgan fingerprint density at radius 2 is 2.31 bits per heavy atom. The minimum Gasteiger partial charge on any atom is -0.379 e. The van der Waals surface area contributed by atoms with Crippen LogP contribution in [0.5, 0.6) is 0 Å². The molecule has 0 aromatic heterocycles. The molecule has 1 aliphatic rings. The molecule has 0 aromatic carbocycles. The van der Waals surface area contributed by atoms with E-state index < -0.39 is 13.0 Å². The Hall–Kier alpha value is -0.790. The van der Waals surface area contributed by atoms with E-state index in [4.69, 9.17) is 10.5 Å². The number of amides is 1. The minimum absolute atomic E-state index is 0.0683. The normalized spacial score (nSPS) is 25.0. The summed E-state index contributed by atoms with van der Waals surface area (Å²) in [6, 6.07) is -0.290. The van der Waals surface area contributed by atoms with Gasteiger partial charge < -0.3 is 20.5 Å². The van der Waals surface area contributed by atoms with E-state index in [0.717, 1.165) is 0 Å². The van der Waals surface area contributed by atoms with E-state index in [0.29, 0.717) is 13.2 Å². The highest BCUT2D eigenvalue weighted by molar-refractivity contribution is 5.79. The van der Waals surface area contributed by atoms with Crippen molar-refractivity contribution < 1.29 is 23.0 Å². The van der Waals surface area contributed by atoms with E-state index in [9.17, 15) is 13.6 Å². The molecule has 0 spiro atoms. The lowest BCUT2D eigenvalue weighted by Crippen LogP contribution is -2.42. The second kappa shape index (κ2) is 6.72. The number of carbonyl (C=O) groups excluding carboxylic acids is 1. The lowest BCUT2D eigenvalue weighted by Gasteiger charge is -2.13. The van der Waals surface area contributed by atoms with Gasteiger partial charge in [-0.15, -0.1) is 0 Å². The Bertz CT molecular complexity index is 229. The van der Waals surface area contributed by atoms with Gasteiger partial charge in [0.15, 0.2) is 0 Å². The summed E-state index contributed by atoms with van der Waals surface area (Å²) in [5.74, 6) is -0.569. The van der Waals surface area contributed by atoms with Crippen LogP contribution < -0.4 is 11.1 Å². The highest BCUT2D eigenvalue weighted by atomic mass is 19.3. The van der Waals surface area contributed by atoms with Gasteiger partial charge in [0.05, 0.1) is 25.7 Å². The Labute approximate surface area is 92.3 Å². The summed E-state index contributed by atoms with van der Waals surface area (Å²) in [5, 5.41) is 2.56. The first-order valence-electron chi connectivity index (χ1n) is 5.08. The molecule has 3 N–H and O–H groups in total. The van der Waals surface area contributed by atoms with Crippen LogP contribution in [0.3, 0.4) is 0 Å². The summed E-state index contributed by atoms with van der Waals surface area (Å²) in [7, 11) is 0. The molecule has 1 amide bonds. The van der Waals surface area contributed by atoms with Gasteiger partial charge >= 0.3 is 0 Å². The number of carbonyl (C=O) groups is 1. The third-order valence-corrected chi connectivity index (χ3v) is 2.25. The van der Waals surface area contributed by atoms with Crippen LogP contribution in [0.4, 0.5) is 8.78 Å². The van der Waals surface area contributed by atoms with Gasteiger partial charge in [0, 0.05) is 12.6 Å². The molecule has 7 heteroatoms. The van der Waals surface area contributed by atoms with Crippen LogP contribution >= 0.6 is 0 Å². The largest absolute Gasteiger partial charge is 0.379 e. The fourth-order valence-corrected chi connectivity index (χ4v) is 1.39. The van der Waals surface area contributed by atoms with Crippen molar-refractivity contribution in [1.82, 2.24) is 5.32 Å². The summed E-state index contributed by atoms with van der Waals surface area (Å²) < 4.78 is 33.0. The summed E-state index contributed by atoms with van der Waals surface area (Å²) in [5.41, 5.74) is 5.63. The monoisotopic (exact) mass is 238 g/mol. The number of hydrogen-bond acceptors (Lipinski definition) is 4. The van der Waals surface area contributed by atoms with Crippen LogP contribution in [0.2, 0.25) is 0 Å². The second-order valence-corrected chi connectivity index (χ2v) is 3.56. The predicted octanol–water partition coefficient (Wildman–Crippen LogP) is -0.642. The molecule has 94 valence electrons. The molecule has 0 aliphatic carbocycles. The number of alkyl halides is 2. The number of hydrogen-bond donors (Lipinski definition) is 2. The summed E-state index contributed by atoms with van der Waals surface area (Å²) in [6.45, 7) is 0.348. The maximum Gasteiger partial charge on any atom is 0.261 e. The van der Waals surface area contributed by atoms with E-state index in [2.05, 4.69) is 10.1 Å². The van der Waals surface area contributed by atoms with Crippen LogP contribution in [0.1, 0.15) is 0 Å². The zero-order valence-electron chi connectivity index (χ0n) is 8.83. The quantitative estimate of drug-likeness (QED) is 0.604. The standard InChI is InChI=1S/C9H16F2N2O3/c10-8(11)5-15-2-1-13-9(14)6-3-16-4-7(6)12/h6-8H,1-5,12H2,(H,13,14). The molecule has 1 rings (SSSR count). The third kappa shape index (κ3) is 4.38. The van der Waals surface area contributed by atoms with E-state index in [1.165, 1.54) is 0 Å². The number of rotatable bonds is 6. The van der Waals surface area contributed by atoms with E-state index in [-0.39, 0.29) is 31.0 Å². The first-order chi connectivity index (χ1) is 7.61. The van der Waals surface area contributed by atoms with Crippen molar-refractivity contribution in [3.63, 3.8) is 0 Å². The SMILES string of the molecule is NC1COCC1C(=O)NCCOCC(F)F. The van der Waals surface area contributed by atoms with Crippen molar-refractivity contribution in [2.75, 3.05) is 33.0 Å². The fourth-order valence-electron chi connectivity index (χ4n) is 1.39. The molecular formula is C9H16F2N2O3. The smallest absolute Gasteiger partial charge is 0.261 e. The molecule has 0 aromatic rings. The molecule has 2 unspecified atom stereocenters. The van der Waals surface area contributed by atoms with Gasteiger partial charge in [0.2, 0.25) is 5.91 Å². The molecule has 16 heavy (non-hydrogen) atoms. The number of nitrogens with one attached hydrogen (secondary N) is 1. The van der Waals surface area contributed by atoms with Gasteiger partial charge in [-0.05, 0) is 0 Å². The van der Waals surface area contributed by atoms with Gasteiger partial charge in [0.1, 0.15) is 6.61 Å². The van der Waals surface area contributed by atoms with Gasteiger partial charge in [0.25, 0.3) is 6.43 Å². The molecule has 0 bridgehead atoms. The van der Waals surface area contributed by atoms with E-state index >= 15 is 0 Å². The molecular weight excluding hydrogens is 222 g/mol. The van der Waals surface area contributed by atoms with Crippen LogP contribution in [0.15, 0.2) is 0 Å². The van der Waals surface area contributed by atoms with Gasteiger partial charge in [-0.1, -0.05) is 0 Å². The van der Waals surface area contributed by atoms with Crippen LogP contribution in [-0.4, -0.2) is 51.3 Å². The molecule has 1 saturated heterocycles. The van der Waals surface area contributed by atoms with E-state index in [1.54, 1.807) is 0 Å². The van der Waals surface area contributed by atoms with Gasteiger partial charge in [-0.2, -0.15) is 0 Å². The molecule has 0 saturated carbocycles. The lowest BCUT2D eigenvalue weighted by molar-refractivity contribution is -0.125. The summed E-state index contributed by atoms with van der Waals surface area (Å²) in [4.78, 5) is 11.5. The van der Waals surface area contributed by atoms with Crippen molar-refractivity contribution in [3.05, 3.63) is 0 Å². The van der Waals surface area contributed by atoms with Crippen molar-refractivity contribution >= 4 is 5.91 Å². The second-order valence-electron chi connectivity index (χ2n) is 3.56. The maximum absolute atomic E-state index is 11.7. The summed E-state index contributed by atoms with van der Waals surface area (Å²) in [6.07, 6.45) is -2.48. The highest BCUT2D eigenvalue weighted by Crippen LogP contribution is 2.11. The van der Waals surface area contributed by atoms with Gasteiger partial charge in [-0.3, -0.25) is 4.79 Å². The van der Waals surface area contributed by atoms with Crippen molar-refractivity contribution in [2.45, 2.75) is 12.5 Å². The molecule has 5 nitrogen and oxygen atoms in total. The maximum atomic E-state index is 11.7. The molecule has 0 radical (unpaired) electrons. The first kappa shape index (κ1) is 13.3. The number of halogens is 2. The predicted molar refractivity (Wildman–Crippen MR) is 52.1 cm³/mol. The summed E-state index contributed by atoms with van der Waals surface area (Å²) >= 11 is 0. The zero-order valence-corrected chi connectivity index (χ0v) is 8.83. The molecule has 1 aliphatic heterocycles. The molecule has 2 atom stereocenters. The van der Waals surface area contributed by atoms with E-state index in [1.807, 2.05) is 0 Å². The lowest BCUT2D eigenvalue weighted by atomic mass is 10.0. The average molecular weight is 238 g/mol. The van der Waals surface area contributed by atoms with Crippen molar-refractivity contribution in [2.24, 2.45) is 11.7 Å². The van der Waals surface area contributed by atoms with Gasteiger partial charge in [-0.25, -0.2) is 8.78 Å². The Morgan fingerprint density at radius 3 is 2.88 bits per heavy atom. The molecule has 1 heterocycles. The van der Waals surface area contributed by atoms with Crippen molar-refractivity contribution in [1.29, 1.82) is 0 Å². The fraction of sp³-hybridized carbons (Fsp3) is 0.889. The van der Waals surface area contributed by atoms with Crippen LogP contribution in [0, 0.1) is 5.92 Å². The third-order valence-electron chi connectivity index (χ3n) is 2.25. The topological polar surface area (TPSA) is 73.6 Å². The number of ether oxygens (including phenoxy) is 2. The Morgan fingerprint density at radius 1 is 1.56 bits per heavy atom. The van der Waals surface area contributed by atoms with Crippen LogP contribution in [0.25, 0.3) is 0 Å². The number of nitrogens with two attached hydrogens (primary N) is 1.